The van der Waals surface area contributed by atoms with E-state index < -0.39 is 0 Å². The predicted molar refractivity (Wildman–Crippen MR) is 90.0 cm³/mol. The number of aryl methyl sites for hydroxylation is 1. The highest BCUT2D eigenvalue weighted by molar-refractivity contribution is 5.75. The Morgan fingerprint density at radius 3 is 2.78 bits per heavy atom. The number of pyridine rings is 1. The summed E-state index contributed by atoms with van der Waals surface area (Å²) >= 11 is 0. The van der Waals surface area contributed by atoms with E-state index >= 15 is 0 Å². The van der Waals surface area contributed by atoms with Crippen molar-refractivity contribution in [3.05, 3.63) is 47.9 Å². The molecule has 23 heavy (non-hydrogen) atoms. The van der Waals surface area contributed by atoms with Gasteiger partial charge in [-0.05, 0) is 49.9 Å². The molecule has 0 saturated carbocycles. The molecule has 0 amide bonds. The lowest BCUT2D eigenvalue weighted by Gasteiger charge is -2.41. The summed E-state index contributed by atoms with van der Waals surface area (Å²) in [6, 6.07) is 9.20. The first-order valence-corrected chi connectivity index (χ1v) is 8.00. The zero-order valence-electron chi connectivity index (χ0n) is 13.6. The molecule has 1 aliphatic rings. The zero-order chi connectivity index (χ0) is 16.4. The molecule has 0 aliphatic carbocycles. The van der Waals surface area contributed by atoms with Crippen molar-refractivity contribution >= 4 is 11.5 Å². The third-order valence-corrected chi connectivity index (χ3v) is 4.44. The molecular formula is C19H21FN2O. The summed E-state index contributed by atoms with van der Waals surface area (Å²) in [5.41, 5.74) is 3.33. The first-order valence-electron chi connectivity index (χ1n) is 8.00. The standard InChI is InChI=1S/C19H21FN2O/c1-13-3-6-16(9-18(13)20)19-10-17(7-8-21-19)22-11-15(12-22)5-4-14(2)23/h3,6-10,15H,4-5,11-12H2,1-2H3. The van der Waals surface area contributed by atoms with Crippen molar-refractivity contribution in [3.63, 3.8) is 0 Å². The molecule has 1 aliphatic heterocycles. The average Bonchev–Trinajstić information content (AvgIpc) is 2.48. The van der Waals surface area contributed by atoms with E-state index in [1.54, 1.807) is 26.1 Å². The molecule has 2 heterocycles. The minimum absolute atomic E-state index is 0.206. The molecule has 1 aromatic heterocycles. The van der Waals surface area contributed by atoms with E-state index in [0.29, 0.717) is 17.9 Å². The summed E-state index contributed by atoms with van der Waals surface area (Å²) in [7, 11) is 0. The Bertz CT molecular complexity index is 723. The van der Waals surface area contributed by atoms with Crippen LogP contribution in [0.3, 0.4) is 0 Å². The zero-order valence-corrected chi connectivity index (χ0v) is 13.6. The number of aromatic nitrogens is 1. The first kappa shape index (κ1) is 15.7. The second-order valence-corrected chi connectivity index (χ2v) is 6.37. The van der Waals surface area contributed by atoms with Crippen molar-refractivity contribution in [2.24, 2.45) is 5.92 Å². The number of hydrogen-bond acceptors (Lipinski definition) is 3. The fourth-order valence-corrected chi connectivity index (χ4v) is 2.90. The minimum Gasteiger partial charge on any atom is -0.371 e. The monoisotopic (exact) mass is 312 g/mol. The lowest BCUT2D eigenvalue weighted by molar-refractivity contribution is -0.117. The topological polar surface area (TPSA) is 33.2 Å². The molecular weight excluding hydrogens is 291 g/mol. The Kier molecular flexibility index (Phi) is 4.42. The number of Topliss-reactive ketones (excluding diaryl/α,β-unsaturated/α-hetero) is 1. The van der Waals surface area contributed by atoms with Crippen LogP contribution in [-0.2, 0) is 4.79 Å². The fraction of sp³-hybridized carbons (Fsp3) is 0.368. The predicted octanol–water partition coefficient (Wildman–Crippen LogP) is 4.00. The van der Waals surface area contributed by atoms with Gasteiger partial charge in [-0.15, -0.1) is 0 Å². The van der Waals surface area contributed by atoms with E-state index in [0.717, 1.165) is 36.5 Å². The van der Waals surface area contributed by atoms with Crippen molar-refractivity contribution in [1.82, 2.24) is 4.98 Å². The van der Waals surface area contributed by atoms with Crippen LogP contribution < -0.4 is 4.90 Å². The molecule has 120 valence electrons. The maximum atomic E-state index is 13.7. The van der Waals surface area contributed by atoms with Gasteiger partial charge in [-0.3, -0.25) is 4.98 Å². The van der Waals surface area contributed by atoms with Gasteiger partial charge in [-0.25, -0.2) is 4.39 Å². The Labute approximate surface area is 136 Å². The normalized spacial score (nSPS) is 14.7. The van der Waals surface area contributed by atoms with Crippen LogP contribution in [0.1, 0.15) is 25.3 Å². The van der Waals surface area contributed by atoms with Gasteiger partial charge in [0.15, 0.2) is 0 Å². The number of benzene rings is 1. The number of rotatable bonds is 5. The van der Waals surface area contributed by atoms with E-state index in [-0.39, 0.29) is 11.6 Å². The SMILES string of the molecule is CC(=O)CCC1CN(c2ccnc(-c3ccc(C)c(F)c3)c2)C1. The maximum Gasteiger partial charge on any atom is 0.129 e. The fourth-order valence-electron chi connectivity index (χ4n) is 2.90. The molecule has 4 heteroatoms. The molecule has 2 aromatic rings. The summed E-state index contributed by atoms with van der Waals surface area (Å²) in [6.07, 6.45) is 3.40. The molecule has 3 nitrogen and oxygen atoms in total. The second-order valence-electron chi connectivity index (χ2n) is 6.37. The van der Waals surface area contributed by atoms with Gasteiger partial charge in [0.25, 0.3) is 0 Å². The van der Waals surface area contributed by atoms with Crippen LogP contribution in [0.15, 0.2) is 36.5 Å². The van der Waals surface area contributed by atoms with Gasteiger partial charge in [-0.2, -0.15) is 0 Å². The highest BCUT2D eigenvalue weighted by atomic mass is 19.1. The van der Waals surface area contributed by atoms with Crippen LogP contribution in [-0.4, -0.2) is 23.9 Å². The van der Waals surface area contributed by atoms with Gasteiger partial charge in [0.2, 0.25) is 0 Å². The van der Waals surface area contributed by atoms with Crippen LogP contribution in [0.4, 0.5) is 10.1 Å². The molecule has 0 spiro atoms. The number of hydrogen-bond donors (Lipinski definition) is 0. The lowest BCUT2D eigenvalue weighted by Crippen LogP contribution is -2.46. The van der Waals surface area contributed by atoms with Crippen LogP contribution in [0.2, 0.25) is 0 Å². The third kappa shape index (κ3) is 3.58. The van der Waals surface area contributed by atoms with E-state index in [1.807, 2.05) is 18.2 Å². The number of ketones is 1. The van der Waals surface area contributed by atoms with Crippen molar-refractivity contribution in [3.8, 4) is 11.3 Å². The van der Waals surface area contributed by atoms with Crippen molar-refractivity contribution in [2.45, 2.75) is 26.7 Å². The molecule has 1 aromatic carbocycles. The van der Waals surface area contributed by atoms with Gasteiger partial charge in [0, 0.05) is 37.0 Å². The summed E-state index contributed by atoms with van der Waals surface area (Å²) in [6.45, 7) is 5.34. The highest BCUT2D eigenvalue weighted by Crippen LogP contribution is 2.30. The van der Waals surface area contributed by atoms with E-state index in [4.69, 9.17) is 0 Å². The summed E-state index contributed by atoms with van der Waals surface area (Å²) in [4.78, 5) is 17.7. The molecule has 0 atom stereocenters. The summed E-state index contributed by atoms with van der Waals surface area (Å²) in [5.74, 6) is 0.645. The van der Waals surface area contributed by atoms with Crippen LogP contribution >= 0.6 is 0 Å². The number of carbonyl (C=O) groups excluding carboxylic acids is 1. The van der Waals surface area contributed by atoms with Gasteiger partial charge < -0.3 is 9.69 Å². The third-order valence-electron chi connectivity index (χ3n) is 4.44. The number of carbonyl (C=O) groups is 1. The first-order chi connectivity index (χ1) is 11.0. The second kappa shape index (κ2) is 6.49. The van der Waals surface area contributed by atoms with Gasteiger partial charge in [0.1, 0.15) is 11.6 Å². The Hall–Kier alpha value is -2.23. The molecule has 3 rings (SSSR count). The number of anilines is 1. The average molecular weight is 312 g/mol. The van der Waals surface area contributed by atoms with Gasteiger partial charge >= 0.3 is 0 Å². The number of nitrogens with zero attached hydrogens (tertiary/aromatic N) is 2. The molecule has 1 fully saturated rings. The Morgan fingerprint density at radius 1 is 1.30 bits per heavy atom. The molecule has 0 unspecified atom stereocenters. The van der Waals surface area contributed by atoms with Crippen molar-refractivity contribution in [1.29, 1.82) is 0 Å². The van der Waals surface area contributed by atoms with Gasteiger partial charge in [-0.1, -0.05) is 12.1 Å². The van der Waals surface area contributed by atoms with E-state index in [2.05, 4.69) is 9.88 Å². The molecule has 0 bridgehead atoms. The van der Waals surface area contributed by atoms with Gasteiger partial charge in [0.05, 0.1) is 5.69 Å². The van der Waals surface area contributed by atoms with Crippen LogP contribution in [0.5, 0.6) is 0 Å². The Balaban J connectivity index is 1.69. The lowest BCUT2D eigenvalue weighted by atomic mass is 9.93. The summed E-state index contributed by atoms with van der Waals surface area (Å²) < 4.78 is 13.7. The Morgan fingerprint density at radius 2 is 2.09 bits per heavy atom. The van der Waals surface area contributed by atoms with Crippen LogP contribution in [0, 0.1) is 18.7 Å². The maximum absolute atomic E-state index is 13.7. The van der Waals surface area contributed by atoms with E-state index in [9.17, 15) is 9.18 Å². The summed E-state index contributed by atoms with van der Waals surface area (Å²) in [5, 5.41) is 0. The van der Waals surface area contributed by atoms with Crippen molar-refractivity contribution < 1.29 is 9.18 Å². The highest BCUT2D eigenvalue weighted by Gasteiger charge is 2.27. The molecule has 0 radical (unpaired) electrons. The van der Waals surface area contributed by atoms with E-state index in [1.165, 1.54) is 6.07 Å². The van der Waals surface area contributed by atoms with Crippen LogP contribution in [0.25, 0.3) is 11.3 Å². The molecule has 0 N–H and O–H groups in total. The minimum atomic E-state index is -0.206. The molecule has 1 saturated heterocycles. The smallest absolute Gasteiger partial charge is 0.129 e. The largest absolute Gasteiger partial charge is 0.371 e. The van der Waals surface area contributed by atoms with Crippen molar-refractivity contribution in [2.75, 3.05) is 18.0 Å². The number of halogens is 1. The quantitative estimate of drug-likeness (QED) is 0.836.